The average Bonchev–Trinajstić information content (AvgIpc) is 2.65. The van der Waals surface area contributed by atoms with Crippen LogP contribution in [-0.4, -0.2) is 36.9 Å². The van der Waals surface area contributed by atoms with Crippen molar-refractivity contribution in [3.8, 4) is 5.75 Å². The molecule has 0 saturated heterocycles. The first-order valence-electron chi connectivity index (χ1n) is 8.48. The molecule has 0 fully saturated rings. The van der Waals surface area contributed by atoms with Gasteiger partial charge in [-0.3, -0.25) is 9.59 Å². The van der Waals surface area contributed by atoms with E-state index in [1.807, 2.05) is 25.1 Å². The van der Waals surface area contributed by atoms with Gasteiger partial charge in [-0.2, -0.15) is 0 Å². The van der Waals surface area contributed by atoms with Crippen molar-refractivity contribution in [2.45, 2.75) is 19.8 Å². The van der Waals surface area contributed by atoms with E-state index < -0.39 is 0 Å². The number of hydrogen-bond acceptors (Lipinski definition) is 3. The van der Waals surface area contributed by atoms with Crippen molar-refractivity contribution in [3.63, 3.8) is 0 Å². The minimum Gasteiger partial charge on any atom is -0.497 e. The normalized spacial score (nSPS) is 10.3. The summed E-state index contributed by atoms with van der Waals surface area (Å²) in [5.74, 6) is 0.338. The second kappa shape index (κ2) is 9.82. The van der Waals surface area contributed by atoms with E-state index in [2.05, 4.69) is 5.32 Å². The molecule has 2 rings (SSSR count). The average molecular weight is 375 g/mol. The van der Waals surface area contributed by atoms with Crippen molar-refractivity contribution in [1.82, 2.24) is 4.90 Å². The van der Waals surface area contributed by atoms with Crippen LogP contribution in [0, 0.1) is 0 Å². The molecule has 0 aliphatic rings. The van der Waals surface area contributed by atoms with Gasteiger partial charge in [0.1, 0.15) is 5.75 Å². The zero-order chi connectivity index (χ0) is 18.9. The first kappa shape index (κ1) is 19.8. The van der Waals surface area contributed by atoms with Gasteiger partial charge in [0.15, 0.2) is 0 Å². The van der Waals surface area contributed by atoms with Crippen LogP contribution in [0.1, 0.15) is 18.9 Å². The fourth-order valence-electron chi connectivity index (χ4n) is 2.55. The molecule has 0 aromatic heterocycles. The molecular weight excluding hydrogens is 352 g/mol. The molecule has 0 aliphatic heterocycles. The number of carbonyl (C=O) groups is 2. The summed E-state index contributed by atoms with van der Waals surface area (Å²) in [5.41, 5.74) is 1.56. The molecule has 0 aliphatic carbocycles. The van der Waals surface area contributed by atoms with E-state index in [1.54, 1.807) is 37.4 Å². The number of nitrogens with zero attached hydrogens (tertiary/aromatic N) is 1. The smallest absolute Gasteiger partial charge is 0.243 e. The third-order valence-corrected chi connectivity index (χ3v) is 4.36. The summed E-state index contributed by atoms with van der Waals surface area (Å²) in [6.07, 6.45) is 0.858. The fraction of sp³-hybridized carbons (Fsp3) is 0.300. The van der Waals surface area contributed by atoms with Gasteiger partial charge in [-0.1, -0.05) is 35.9 Å². The minimum absolute atomic E-state index is 0.00899. The number of amides is 2. The van der Waals surface area contributed by atoms with Crippen LogP contribution in [0.4, 0.5) is 5.69 Å². The second-order valence-electron chi connectivity index (χ2n) is 5.78. The maximum absolute atomic E-state index is 12.4. The monoisotopic (exact) mass is 374 g/mol. The van der Waals surface area contributed by atoms with Crippen LogP contribution in [0.5, 0.6) is 5.75 Å². The molecule has 26 heavy (non-hydrogen) atoms. The van der Waals surface area contributed by atoms with Gasteiger partial charge in [0.05, 0.1) is 13.7 Å². The standard InChI is InChI=1S/C20H23ClN2O3/c1-3-23(20(25)12-11-15-7-4-5-10-18(15)21)14-19(24)22-16-8-6-9-17(13-16)26-2/h4-10,13H,3,11-12,14H2,1-2H3,(H,22,24). The van der Waals surface area contributed by atoms with Crippen LogP contribution >= 0.6 is 11.6 Å². The van der Waals surface area contributed by atoms with Gasteiger partial charge < -0.3 is 15.0 Å². The number of benzene rings is 2. The van der Waals surface area contributed by atoms with Crippen LogP contribution in [-0.2, 0) is 16.0 Å². The number of methoxy groups -OCH3 is 1. The Bertz CT molecular complexity index is 764. The van der Waals surface area contributed by atoms with Crippen molar-refractivity contribution < 1.29 is 14.3 Å². The molecule has 0 heterocycles. The number of hydrogen-bond donors (Lipinski definition) is 1. The van der Waals surface area contributed by atoms with Gasteiger partial charge >= 0.3 is 0 Å². The predicted molar refractivity (Wildman–Crippen MR) is 104 cm³/mol. The van der Waals surface area contributed by atoms with Crippen LogP contribution in [0.15, 0.2) is 48.5 Å². The largest absolute Gasteiger partial charge is 0.497 e. The first-order valence-corrected chi connectivity index (χ1v) is 8.86. The highest BCUT2D eigenvalue weighted by Crippen LogP contribution is 2.18. The van der Waals surface area contributed by atoms with Crippen LogP contribution in [0.3, 0.4) is 0 Å². The van der Waals surface area contributed by atoms with Gasteiger partial charge in [0.25, 0.3) is 0 Å². The van der Waals surface area contributed by atoms with E-state index >= 15 is 0 Å². The number of aryl methyl sites for hydroxylation is 1. The molecule has 2 amide bonds. The SMILES string of the molecule is CCN(CC(=O)Nc1cccc(OC)c1)C(=O)CCc1ccccc1Cl. The van der Waals surface area contributed by atoms with Gasteiger partial charge in [0.2, 0.25) is 11.8 Å². The summed E-state index contributed by atoms with van der Waals surface area (Å²) in [5, 5.41) is 3.44. The van der Waals surface area contributed by atoms with E-state index in [9.17, 15) is 9.59 Å². The Balaban J connectivity index is 1.89. The third-order valence-electron chi connectivity index (χ3n) is 3.99. The lowest BCUT2D eigenvalue weighted by Gasteiger charge is -2.20. The lowest BCUT2D eigenvalue weighted by Crippen LogP contribution is -2.38. The van der Waals surface area contributed by atoms with Gasteiger partial charge in [-0.15, -0.1) is 0 Å². The first-order chi connectivity index (χ1) is 12.5. The highest BCUT2D eigenvalue weighted by molar-refractivity contribution is 6.31. The summed E-state index contributed by atoms with van der Waals surface area (Å²) in [4.78, 5) is 26.2. The van der Waals surface area contributed by atoms with Gasteiger partial charge in [0, 0.05) is 29.7 Å². The quantitative estimate of drug-likeness (QED) is 0.765. The topological polar surface area (TPSA) is 58.6 Å². The summed E-state index contributed by atoms with van der Waals surface area (Å²) in [6, 6.07) is 14.6. The Labute approximate surface area is 158 Å². The molecule has 138 valence electrons. The molecule has 0 bridgehead atoms. The maximum Gasteiger partial charge on any atom is 0.243 e. The third kappa shape index (κ3) is 5.77. The molecule has 5 nitrogen and oxygen atoms in total. The number of halogens is 1. The predicted octanol–water partition coefficient (Wildman–Crippen LogP) is 3.77. The summed E-state index contributed by atoms with van der Waals surface area (Å²) < 4.78 is 5.13. The Morgan fingerprint density at radius 2 is 1.92 bits per heavy atom. The van der Waals surface area contributed by atoms with E-state index in [0.717, 1.165) is 5.56 Å². The Hall–Kier alpha value is -2.53. The zero-order valence-electron chi connectivity index (χ0n) is 15.0. The molecular formula is C20H23ClN2O3. The maximum atomic E-state index is 12.4. The zero-order valence-corrected chi connectivity index (χ0v) is 15.8. The van der Waals surface area contributed by atoms with E-state index in [-0.39, 0.29) is 18.4 Å². The van der Waals surface area contributed by atoms with Crippen molar-refractivity contribution >= 4 is 29.1 Å². The van der Waals surface area contributed by atoms with Crippen LogP contribution in [0.25, 0.3) is 0 Å². The Kier molecular flexibility index (Phi) is 7.48. The van der Waals surface area contributed by atoms with Crippen molar-refractivity contribution in [2.75, 3.05) is 25.5 Å². The van der Waals surface area contributed by atoms with E-state index in [4.69, 9.17) is 16.3 Å². The number of nitrogens with one attached hydrogen (secondary N) is 1. The number of likely N-dealkylation sites (N-methyl/N-ethyl adjacent to an activating group) is 1. The minimum atomic E-state index is -0.244. The number of anilines is 1. The van der Waals surface area contributed by atoms with Crippen molar-refractivity contribution in [2.24, 2.45) is 0 Å². The summed E-state index contributed by atoms with van der Waals surface area (Å²) in [6.45, 7) is 2.33. The lowest BCUT2D eigenvalue weighted by molar-refractivity contribution is -0.134. The summed E-state index contributed by atoms with van der Waals surface area (Å²) in [7, 11) is 1.57. The molecule has 6 heteroatoms. The Morgan fingerprint density at radius 3 is 2.62 bits per heavy atom. The molecule has 1 N–H and O–H groups in total. The second-order valence-corrected chi connectivity index (χ2v) is 6.19. The Morgan fingerprint density at radius 1 is 1.15 bits per heavy atom. The van der Waals surface area contributed by atoms with E-state index in [0.29, 0.717) is 35.8 Å². The molecule has 2 aromatic carbocycles. The summed E-state index contributed by atoms with van der Waals surface area (Å²) >= 11 is 6.12. The molecule has 0 saturated carbocycles. The highest BCUT2D eigenvalue weighted by atomic mass is 35.5. The van der Waals surface area contributed by atoms with Gasteiger partial charge in [-0.25, -0.2) is 0 Å². The lowest BCUT2D eigenvalue weighted by atomic mass is 10.1. The van der Waals surface area contributed by atoms with Crippen molar-refractivity contribution in [1.29, 1.82) is 0 Å². The van der Waals surface area contributed by atoms with Crippen LogP contribution < -0.4 is 10.1 Å². The van der Waals surface area contributed by atoms with Gasteiger partial charge in [-0.05, 0) is 37.1 Å². The molecule has 0 spiro atoms. The van der Waals surface area contributed by atoms with E-state index in [1.165, 1.54) is 4.90 Å². The molecule has 0 radical (unpaired) electrons. The van der Waals surface area contributed by atoms with Crippen molar-refractivity contribution in [3.05, 3.63) is 59.1 Å². The van der Waals surface area contributed by atoms with Crippen LogP contribution in [0.2, 0.25) is 5.02 Å². The number of rotatable bonds is 8. The number of ether oxygens (including phenoxy) is 1. The number of carbonyl (C=O) groups excluding carboxylic acids is 2. The molecule has 0 unspecified atom stereocenters. The molecule has 0 atom stereocenters. The fourth-order valence-corrected chi connectivity index (χ4v) is 2.78. The molecule has 2 aromatic rings. The highest BCUT2D eigenvalue weighted by Gasteiger charge is 2.16.